The van der Waals surface area contributed by atoms with Gasteiger partial charge in [-0.2, -0.15) is 0 Å². The maximum atomic E-state index is 11.3. The van der Waals surface area contributed by atoms with Crippen molar-refractivity contribution in [3.63, 3.8) is 0 Å². The van der Waals surface area contributed by atoms with Crippen molar-refractivity contribution in [2.45, 2.75) is 40.5 Å². The third-order valence-electron chi connectivity index (χ3n) is 3.54. The second-order valence-corrected chi connectivity index (χ2v) is 6.07. The van der Waals surface area contributed by atoms with Crippen LogP contribution >= 0.6 is 11.3 Å². The molecule has 0 saturated carbocycles. The minimum absolute atomic E-state index is 0.359. The highest BCUT2D eigenvalue weighted by atomic mass is 32.1. The van der Waals surface area contributed by atoms with E-state index in [4.69, 9.17) is 0 Å². The van der Waals surface area contributed by atoms with Crippen LogP contribution in [-0.4, -0.2) is 34.1 Å². The lowest BCUT2D eigenvalue weighted by Gasteiger charge is -2.23. The average molecular weight is 307 g/mol. The van der Waals surface area contributed by atoms with Gasteiger partial charge in [-0.15, -0.1) is 11.3 Å². The summed E-state index contributed by atoms with van der Waals surface area (Å²) in [6.45, 7) is 9.73. The van der Waals surface area contributed by atoms with Crippen LogP contribution in [0.2, 0.25) is 0 Å². The number of fused-ring (bicyclic) bond motifs is 1. The predicted octanol–water partition coefficient (Wildman–Crippen LogP) is 3.63. The van der Waals surface area contributed by atoms with E-state index in [1.807, 2.05) is 13.8 Å². The Morgan fingerprint density at radius 3 is 2.57 bits per heavy atom. The number of hydrogen-bond donors (Lipinski definition) is 1. The Morgan fingerprint density at radius 1 is 1.29 bits per heavy atom. The molecule has 1 N–H and O–H groups in total. The number of unbranched alkanes of at least 4 members (excludes halogenated alkanes) is 1. The Kier molecular flexibility index (Phi) is 4.77. The number of carbonyl (C=O) groups is 1. The van der Waals surface area contributed by atoms with Crippen LogP contribution in [0.5, 0.6) is 0 Å². The molecule has 2 aromatic heterocycles. The third kappa shape index (κ3) is 3.00. The van der Waals surface area contributed by atoms with E-state index in [1.54, 1.807) is 0 Å². The van der Waals surface area contributed by atoms with Crippen LogP contribution in [0.1, 0.15) is 47.7 Å². The molecule has 0 aliphatic heterocycles. The highest BCUT2D eigenvalue weighted by molar-refractivity contribution is 7.20. The predicted molar refractivity (Wildman–Crippen MR) is 86.6 cm³/mol. The lowest BCUT2D eigenvalue weighted by Crippen LogP contribution is -2.25. The molecule has 21 heavy (non-hydrogen) atoms. The summed E-state index contributed by atoms with van der Waals surface area (Å²) in [7, 11) is 0. The number of aryl methyl sites for hydroxylation is 2. The van der Waals surface area contributed by atoms with Crippen LogP contribution in [0.25, 0.3) is 10.2 Å². The molecule has 0 fully saturated rings. The first-order chi connectivity index (χ1) is 9.99. The van der Waals surface area contributed by atoms with Crippen molar-refractivity contribution in [2.24, 2.45) is 0 Å². The molecule has 0 aromatic carbocycles. The fourth-order valence-corrected chi connectivity index (χ4v) is 3.48. The summed E-state index contributed by atoms with van der Waals surface area (Å²) in [5, 5.41) is 10.2. The van der Waals surface area contributed by atoms with E-state index >= 15 is 0 Å². The highest BCUT2D eigenvalue weighted by Crippen LogP contribution is 2.35. The van der Waals surface area contributed by atoms with Gasteiger partial charge >= 0.3 is 5.97 Å². The zero-order valence-electron chi connectivity index (χ0n) is 12.9. The number of carboxylic acids is 1. The molecule has 2 rings (SSSR count). The van der Waals surface area contributed by atoms with Crippen molar-refractivity contribution in [3.8, 4) is 0 Å². The van der Waals surface area contributed by atoms with Gasteiger partial charge in [0.25, 0.3) is 0 Å². The Bertz CT molecular complexity index is 666. The number of thiophene rings is 1. The largest absolute Gasteiger partial charge is 0.477 e. The van der Waals surface area contributed by atoms with Gasteiger partial charge in [0.1, 0.15) is 21.3 Å². The van der Waals surface area contributed by atoms with E-state index in [0.717, 1.165) is 47.5 Å². The molecule has 0 radical (unpaired) electrons. The maximum absolute atomic E-state index is 11.3. The lowest BCUT2D eigenvalue weighted by molar-refractivity contribution is 0.0701. The van der Waals surface area contributed by atoms with E-state index in [9.17, 15) is 9.90 Å². The summed E-state index contributed by atoms with van der Waals surface area (Å²) in [5.41, 5.74) is 0.771. The van der Waals surface area contributed by atoms with Gasteiger partial charge < -0.3 is 10.0 Å². The molecule has 0 aliphatic rings. The first-order valence-corrected chi connectivity index (χ1v) is 8.07. The first kappa shape index (κ1) is 15.7. The molecular weight excluding hydrogens is 286 g/mol. The van der Waals surface area contributed by atoms with E-state index in [1.165, 1.54) is 11.3 Å². The van der Waals surface area contributed by atoms with Crippen LogP contribution in [0, 0.1) is 13.8 Å². The fourth-order valence-electron chi connectivity index (χ4n) is 2.42. The summed E-state index contributed by atoms with van der Waals surface area (Å²) in [4.78, 5) is 23.7. The summed E-state index contributed by atoms with van der Waals surface area (Å²) in [5.74, 6) is 0.663. The quantitative estimate of drug-likeness (QED) is 0.882. The molecule has 0 amide bonds. The number of aromatic nitrogens is 2. The van der Waals surface area contributed by atoms with Crippen LogP contribution in [0.15, 0.2) is 0 Å². The summed E-state index contributed by atoms with van der Waals surface area (Å²) >= 11 is 1.23. The highest BCUT2D eigenvalue weighted by Gasteiger charge is 2.21. The molecule has 0 unspecified atom stereocenters. The van der Waals surface area contributed by atoms with Crippen molar-refractivity contribution < 1.29 is 9.90 Å². The summed E-state index contributed by atoms with van der Waals surface area (Å²) in [6, 6.07) is 0. The number of aromatic carboxylic acids is 1. The van der Waals surface area contributed by atoms with Gasteiger partial charge in [-0.25, -0.2) is 14.8 Å². The van der Waals surface area contributed by atoms with E-state index in [2.05, 4.69) is 28.7 Å². The van der Waals surface area contributed by atoms with Gasteiger partial charge in [0, 0.05) is 13.1 Å². The average Bonchev–Trinajstić information content (AvgIpc) is 2.76. The summed E-state index contributed by atoms with van der Waals surface area (Å²) < 4.78 is 0. The molecule has 0 saturated heterocycles. The van der Waals surface area contributed by atoms with Crippen molar-refractivity contribution in [2.75, 3.05) is 18.0 Å². The standard InChI is InChI=1S/C15H21N3O2S/c1-5-7-8-18(6-2)13-11-9(3)12(15(19)20)21-14(11)17-10(4)16-13/h5-8H2,1-4H3,(H,19,20). The number of anilines is 1. The zero-order chi connectivity index (χ0) is 15.6. The van der Waals surface area contributed by atoms with Gasteiger partial charge in [-0.3, -0.25) is 0 Å². The topological polar surface area (TPSA) is 66.3 Å². The van der Waals surface area contributed by atoms with Crippen molar-refractivity contribution in [3.05, 3.63) is 16.3 Å². The van der Waals surface area contributed by atoms with Gasteiger partial charge in [-0.05, 0) is 32.8 Å². The van der Waals surface area contributed by atoms with E-state index in [0.29, 0.717) is 10.7 Å². The minimum Gasteiger partial charge on any atom is -0.477 e. The molecule has 6 heteroatoms. The van der Waals surface area contributed by atoms with Crippen molar-refractivity contribution in [1.29, 1.82) is 0 Å². The molecule has 114 valence electrons. The number of carboxylic acid groups (broad SMARTS) is 1. The molecule has 0 atom stereocenters. The molecular formula is C15H21N3O2S. The van der Waals surface area contributed by atoms with E-state index < -0.39 is 5.97 Å². The number of nitrogens with zero attached hydrogens (tertiary/aromatic N) is 3. The Morgan fingerprint density at radius 2 is 2.00 bits per heavy atom. The van der Waals surface area contributed by atoms with Crippen LogP contribution in [0.4, 0.5) is 5.82 Å². The maximum Gasteiger partial charge on any atom is 0.346 e. The minimum atomic E-state index is -0.893. The smallest absolute Gasteiger partial charge is 0.346 e. The van der Waals surface area contributed by atoms with Crippen molar-refractivity contribution in [1.82, 2.24) is 9.97 Å². The molecule has 2 aromatic rings. The lowest BCUT2D eigenvalue weighted by atomic mass is 10.2. The fraction of sp³-hybridized carbons (Fsp3) is 0.533. The Hall–Kier alpha value is -1.69. The third-order valence-corrected chi connectivity index (χ3v) is 4.71. The second kappa shape index (κ2) is 6.39. The number of hydrogen-bond acceptors (Lipinski definition) is 5. The monoisotopic (exact) mass is 307 g/mol. The van der Waals surface area contributed by atoms with Gasteiger partial charge in [0.15, 0.2) is 0 Å². The zero-order valence-corrected chi connectivity index (χ0v) is 13.8. The Balaban J connectivity index is 2.63. The first-order valence-electron chi connectivity index (χ1n) is 7.25. The molecule has 0 bridgehead atoms. The van der Waals surface area contributed by atoms with Gasteiger partial charge in [0.05, 0.1) is 5.39 Å². The summed E-state index contributed by atoms with van der Waals surface area (Å²) in [6.07, 6.45) is 2.21. The van der Waals surface area contributed by atoms with Crippen LogP contribution < -0.4 is 4.90 Å². The molecule has 5 nitrogen and oxygen atoms in total. The van der Waals surface area contributed by atoms with Crippen LogP contribution in [-0.2, 0) is 0 Å². The normalized spacial score (nSPS) is 11.0. The Labute approximate surface area is 128 Å². The molecule has 2 heterocycles. The van der Waals surface area contributed by atoms with Gasteiger partial charge in [0.2, 0.25) is 0 Å². The van der Waals surface area contributed by atoms with Gasteiger partial charge in [-0.1, -0.05) is 13.3 Å². The molecule has 0 aliphatic carbocycles. The van der Waals surface area contributed by atoms with Crippen molar-refractivity contribution >= 4 is 33.3 Å². The van der Waals surface area contributed by atoms with E-state index in [-0.39, 0.29) is 0 Å². The molecule has 0 spiro atoms. The SMILES string of the molecule is CCCCN(CC)c1nc(C)nc2sc(C(=O)O)c(C)c12. The second-order valence-electron chi connectivity index (χ2n) is 5.07. The van der Waals surface area contributed by atoms with Crippen LogP contribution in [0.3, 0.4) is 0 Å². The number of rotatable bonds is 6.